The number of benzene rings is 2. The summed E-state index contributed by atoms with van der Waals surface area (Å²) >= 11 is 8.50. The van der Waals surface area contributed by atoms with Crippen molar-refractivity contribution in [2.75, 3.05) is 6.54 Å². The van der Waals surface area contributed by atoms with Gasteiger partial charge in [-0.25, -0.2) is 0 Å². The monoisotopic (exact) mass is 399 g/mol. The number of hydrogen-bond donors (Lipinski definition) is 1. The minimum Gasteiger partial charge on any atom is -0.310 e. The summed E-state index contributed by atoms with van der Waals surface area (Å²) in [6, 6.07) is 17.0. The Bertz CT molecular complexity index is 556. The van der Waals surface area contributed by atoms with Crippen LogP contribution < -0.4 is 5.32 Å². The first-order chi connectivity index (χ1) is 9.70. The van der Waals surface area contributed by atoms with Crippen molar-refractivity contribution in [3.8, 4) is 0 Å². The van der Waals surface area contributed by atoms with Gasteiger partial charge in [-0.2, -0.15) is 0 Å². The van der Waals surface area contributed by atoms with Gasteiger partial charge in [-0.1, -0.05) is 48.9 Å². The van der Waals surface area contributed by atoms with Gasteiger partial charge in [0, 0.05) is 14.6 Å². The van der Waals surface area contributed by atoms with E-state index in [0.717, 1.165) is 24.4 Å². The van der Waals surface area contributed by atoms with E-state index >= 15 is 0 Å². The molecule has 0 aliphatic carbocycles. The molecule has 1 N–H and O–H groups in total. The summed E-state index contributed by atoms with van der Waals surface area (Å²) in [7, 11) is 0. The first kappa shape index (κ1) is 15.8. The summed E-state index contributed by atoms with van der Waals surface area (Å²) in [5.41, 5.74) is 2.63. The molecule has 0 saturated heterocycles. The molecule has 0 bridgehead atoms. The largest absolute Gasteiger partial charge is 0.310 e. The minimum absolute atomic E-state index is 0.335. The molecule has 2 rings (SSSR count). The van der Waals surface area contributed by atoms with Gasteiger partial charge in [0.2, 0.25) is 0 Å². The fourth-order valence-corrected chi connectivity index (χ4v) is 3.24. The van der Waals surface area contributed by atoms with Gasteiger partial charge < -0.3 is 5.32 Å². The van der Waals surface area contributed by atoms with Crippen molar-refractivity contribution in [1.29, 1.82) is 0 Å². The zero-order valence-electron chi connectivity index (χ0n) is 11.6. The number of halogens is 2. The molecular weight excluding hydrogens is 381 g/mol. The van der Waals surface area contributed by atoms with Crippen LogP contribution in [0.1, 0.15) is 30.5 Å². The lowest BCUT2D eigenvalue weighted by atomic mass is 9.99. The van der Waals surface area contributed by atoms with E-state index < -0.39 is 0 Å². The van der Waals surface area contributed by atoms with Crippen LogP contribution in [0.25, 0.3) is 0 Å². The lowest BCUT2D eigenvalue weighted by Crippen LogP contribution is -2.24. The Morgan fingerprint density at radius 1 is 1.15 bits per heavy atom. The van der Waals surface area contributed by atoms with Crippen LogP contribution in [0.2, 0.25) is 5.02 Å². The summed E-state index contributed by atoms with van der Waals surface area (Å²) < 4.78 is 1.31. The lowest BCUT2D eigenvalue weighted by Gasteiger charge is -2.20. The molecular formula is C17H19ClIN. The fourth-order valence-electron chi connectivity index (χ4n) is 2.27. The van der Waals surface area contributed by atoms with Crippen molar-refractivity contribution in [3.05, 3.63) is 68.3 Å². The second-order valence-electron chi connectivity index (χ2n) is 4.86. The van der Waals surface area contributed by atoms with E-state index in [1.165, 1.54) is 14.7 Å². The zero-order valence-corrected chi connectivity index (χ0v) is 14.5. The maximum atomic E-state index is 6.09. The van der Waals surface area contributed by atoms with E-state index in [4.69, 9.17) is 11.6 Å². The van der Waals surface area contributed by atoms with Crippen LogP contribution in [0.5, 0.6) is 0 Å². The highest BCUT2D eigenvalue weighted by Gasteiger charge is 2.14. The molecule has 0 spiro atoms. The number of hydrogen-bond acceptors (Lipinski definition) is 1. The Balaban J connectivity index is 2.22. The smallest absolute Gasteiger partial charge is 0.0408 e. The summed E-state index contributed by atoms with van der Waals surface area (Å²) in [4.78, 5) is 0. The molecule has 20 heavy (non-hydrogen) atoms. The lowest BCUT2D eigenvalue weighted by molar-refractivity contribution is 0.527. The van der Waals surface area contributed by atoms with Crippen LogP contribution in [-0.2, 0) is 6.42 Å². The molecule has 0 aliphatic heterocycles. The first-order valence-corrected chi connectivity index (χ1v) is 8.38. The standard InChI is InChI=1S/C17H19ClIN/c1-2-10-20-17(15-8-3-4-9-16(15)19)12-13-6-5-7-14(18)11-13/h3-9,11,17,20H,2,10,12H2,1H3. The van der Waals surface area contributed by atoms with Gasteiger partial charge >= 0.3 is 0 Å². The number of nitrogens with one attached hydrogen (secondary N) is 1. The molecule has 1 nitrogen and oxygen atoms in total. The van der Waals surface area contributed by atoms with Crippen LogP contribution >= 0.6 is 34.2 Å². The van der Waals surface area contributed by atoms with E-state index in [-0.39, 0.29) is 0 Å². The second-order valence-corrected chi connectivity index (χ2v) is 6.46. The third-order valence-corrected chi connectivity index (χ3v) is 4.47. The highest BCUT2D eigenvalue weighted by molar-refractivity contribution is 14.1. The average molecular weight is 400 g/mol. The molecule has 0 fully saturated rings. The highest BCUT2D eigenvalue weighted by atomic mass is 127. The summed E-state index contributed by atoms with van der Waals surface area (Å²) in [6.07, 6.45) is 2.09. The third-order valence-electron chi connectivity index (χ3n) is 3.25. The van der Waals surface area contributed by atoms with Crippen molar-refractivity contribution in [2.45, 2.75) is 25.8 Å². The highest BCUT2D eigenvalue weighted by Crippen LogP contribution is 2.24. The van der Waals surface area contributed by atoms with Gasteiger partial charge in [0.25, 0.3) is 0 Å². The van der Waals surface area contributed by atoms with Crippen molar-refractivity contribution in [1.82, 2.24) is 5.32 Å². The summed E-state index contributed by atoms with van der Waals surface area (Å²) in [5, 5.41) is 4.45. The SMILES string of the molecule is CCCNC(Cc1cccc(Cl)c1)c1ccccc1I. The average Bonchev–Trinajstić information content (AvgIpc) is 2.44. The van der Waals surface area contributed by atoms with Crippen LogP contribution in [0.4, 0.5) is 0 Å². The molecule has 3 heteroatoms. The van der Waals surface area contributed by atoms with E-state index in [2.05, 4.69) is 71.2 Å². The van der Waals surface area contributed by atoms with Crippen LogP contribution in [0.3, 0.4) is 0 Å². The van der Waals surface area contributed by atoms with Crippen molar-refractivity contribution < 1.29 is 0 Å². The molecule has 106 valence electrons. The van der Waals surface area contributed by atoms with Crippen LogP contribution in [0, 0.1) is 3.57 Å². The molecule has 0 amide bonds. The van der Waals surface area contributed by atoms with Gasteiger partial charge in [-0.05, 0) is 71.3 Å². The van der Waals surface area contributed by atoms with Gasteiger partial charge in [0.15, 0.2) is 0 Å². The van der Waals surface area contributed by atoms with Gasteiger partial charge in [0.05, 0.1) is 0 Å². The van der Waals surface area contributed by atoms with Gasteiger partial charge in [0.1, 0.15) is 0 Å². The molecule has 0 saturated carbocycles. The maximum absolute atomic E-state index is 6.09. The topological polar surface area (TPSA) is 12.0 Å². The molecule has 0 aromatic heterocycles. The molecule has 2 aromatic carbocycles. The molecule has 1 atom stereocenters. The Labute approximate surface area is 139 Å². The van der Waals surface area contributed by atoms with Crippen molar-refractivity contribution in [3.63, 3.8) is 0 Å². The molecule has 1 unspecified atom stereocenters. The van der Waals surface area contributed by atoms with E-state index in [1.807, 2.05) is 12.1 Å². The predicted octanol–water partition coefficient (Wildman–Crippen LogP) is 5.23. The minimum atomic E-state index is 0.335. The molecule has 0 radical (unpaired) electrons. The molecule has 0 heterocycles. The van der Waals surface area contributed by atoms with Crippen molar-refractivity contribution >= 4 is 34.2 Å². The molecule has 2 aromatic rings. The van der Waals surface area contributed by atoms with Crippen LogP contribution in [0.15, 0.2) is 48.5 Å². The second kappa shape index (κ2) is 8.01. The van der Waals surface area contributed by atoms with Gasteiger partial charge in [-0.3, -0.25) is 0 Å². The van der Waals surface area contributed by atoms with E-state index in [9.17, 15) is 0 Å². The van der Waals surface area contributed by atoms with E-state index in [1.54, 1.807) is 0 Å². The Kier molecular flexibility index (Phi) is 6.33. The molecule has 0 aliphatic rings. The predicted molar refractivity (Wildman–Crippen MR) is 95.3 cm³/mol. The Hall–Kier alpha value is -0.580. The van der Waals surface area contributed by atoms with Gasteiger partial charge in [-0.15, -0.1) is 0 Å². The Morgan fingerprint density at radius 2 is 1.95 bits per heavy atom. The number of rotatable bonds is 6. The third kappa shape index (κ3) is 4.47. The van der Waals surface area contributed by atoms with E-state index in [0.29, 0.717) is 6.04 Å². The normalized spacial score (nSPS) is 12.3. The summed E-state index contributed by atoms with van der Waals surface area (Å²) in [5.74, 6) is 0. The summed E-state index contributed by atoms with van der Waals surface area (Å²) in [6.45, 7) is 3.22. The quantitative estimate of drug-likeness (QED) is 0.656. The van der Waals surface area contributed by atoms with Crippen LogP contribution in [-0.4, -0.2) is 6.54 Å². The maximum Gasteiger partial charge on any atom is 0.0408 e. The fraction of sp³-hybridized carbons (Fsp3) is 0.294. The van der Waals surface area contributed by atoms with Crippen molar-refractivity contribution in [2.24, 2.45) is 0 Å². The first-order valence-electron chi connectivity index (χ1n) is 6.93. The zero-order chi connectivity index (χ0) is 14.4. The Morgan fingerprint density at radius 3 is 2.65 bits per heavy atom.